The molecule has 0 spiro atoms. The lowest BCUT2D eigenvalue weighted by Crippen LogP contribution is -2.32. The maximum atomic E-state index is 13.6. The van der Waals surface area contributed by atoms with Gasteiger partial charge in [-0.1, -0.05) is 70.6 Å². The van der Waals surface area contributed by atoms with Crippen molar-refractivity contribution in [1.82, 2.24) is 9.55 Å². The van der Waals surface area contributed by atoms with Crippen molar-refractivity contribution in [3.05, 3.63) is 88.9 Å². The van der Waals surface area contributed by atoms with E-state index in [9.17, 15) is 4.79 Å². The van der Waals surface area contributed by atoms with E-state index in [0.29, 0.717) is 48.1 Å². The van der Waals surface area contributed by atoms with Crippen LogP contribution in [0.15, 0.2) is 60.8 Å². The Labute approximate surface area is 273 Å². The number of para-hydroxylation sites is 1. The van der Waals surface area contributed by atoms with E-state index < -0.39 is 11.6 Å². The first kappa shape index (κ1) is 33.5. The zero-order chi connectivity index (χ0) is 32.5. The van der Waals surface area contributed by atoms with Crippen molar-refractivity contribution in [3.63, 3.8) is 0 Å². The number of aromatic nitrogens is 2. The Morgan fingerprint density at radius 1 is 0.870 bits per heavy atom. The summed E-state index contributed by atoms with van der Waals surface area (Å²) < 4.78 is 15.2. The number of unbranched alkanes of at least 4 members (excludes halogenated alkanes) is 6. The smallest absolute Gasteiger partial charge is 0.341 e. The third-order valence-corrected chi connectivity index (χ3v) is 8.77. The molecular weight excluding hydrogens is 578 g/mol. The van der Waals surface area contributed by atoms with Crippen molar-refractivity contribution < 1.29 is 23.9 Å². The van der Waals surface area contributed by atoms with Crippen LogP contribution in [0.25, 0.3) is 10.9 Å². The van der Waals surface area contributed by atoms with Gasteiger partial charge in [-0.25, -0.2) is 14.5 Å². The summed E-state index contributed by atoms with van der Waals surface area (Å²) in [6.45, 7) is 12.9. The second kappa shape index (κ2) is 15.6. The van der Waals surface area contributed by atoms with Gasteiger partial charge in [-0.3, -0.25) is 4.98 Å². The van der Waals surface area contributed by atoms with Gasteiger partial charge < -0.3 is 14.0 Å². The molecule has 246 valence electrons. The van der Waals surface area contributed by atoms with E-state index in [0.717, 1.165) is 67.2 Å². The van der Waals surface area contributed by atoms with Gasteiger partial charge in [0.25, 0.3) is 0 Å². The topological polar surface area (TPSA) is 75.0 Å². The minimum Gasteiger partial charge on any atom is -0.493 e. The van der Waals surface area contributed by atoms with Crippen LogP contribution in [0.1, 0.15) is 112 Å². The summed E-state index contributed by atoms with van der Waals surface area (Å²) in [6.07, 6.45) is 10.5. The van der Waals surface area contributed by atoms with E-state index >= 15 is 0 Å². The Hall–Kier alpha value is -3.88. The van der Waals surface area contributed by atoms with Gasteiger partial charge in [0.1, 0.15) is 11.4 Å². The van der Waals surface area contributed by atoms with Gasteiger partial charge in [0.15, 0.2) is 0 Å². The normalized spacial score (nSPS) is 15.7. The van der Waals surface area contributed by atoms with Crippen LogP contribution in [0, 0.1) is 6.92 Å². The molecule has 0 bridgehead atoms. The molecule has 3 heterocycles. The van der Waals surface area contributed by atoms with E-state index in [4.69, 9.17) is 24.1 Å². The molecule has 0 saturated carbocycles. The van der Waals surface area contributed by atoms with Gasteiger partial charge in [-0.2, -0.15) is 0 Å². The van der Waals surface area contributed by atoms with Crippen LogP contribution in [0.3, 0.4) is 0 Å². The Balaban J connectivity index is 1.64. The first-order valence-corrected chi connectivity index (χ1v) is 17.1. The van der Waals surface area contributed by atoms with Crippen molar-refractivity contribution in [2.24, 2.45) is 0 Å². The van der Waals surface area contributed by atoms with Gasteiger partial charge in [0.2, 0.25) is 5.60 Å². The molecule has 0 radical (unpaired) electrons. The lowest BCUT2D eigenvalue weighted by molar-refractivity contribution is -0.0915. The molecule has 1 atom stereocenters. The van der Waals surface area contributed by atoms with Crippen LogP contribution < -0.4 is 9.96 Å². The zero-order valence-corrected chi connectivity index (χ0v) is 28.1. The van der Waals surface area contributed by atoms with Crippen LogP contribution in [0.2, 0.25) is 0 Å². The Morgan fingerprint density at radius 2 is 1.59 bits per heavy atom. The molecule has 1 unspecified atom stereocenters. The standard InChI is InChI=1S/C38H49N3O5/c1-6-10-12-16-25-44-41(45-26-17-13-11-7-2)29-22-23-32(34(27-29)43-9-4)38(36-31(37(42)46-38)20-18-24-39-36)35-28(5)40(8-3)33-21-15-14-19-30(33)35/h14-15,18-24,27H,6-13,16-17,25-26H2,1-5H3. The Kier molecular flexibility index (Phi) is 11.4. The average molecular weight is 628 g/mol. The van der Waals surface area contributed by atoms with Crippen molar-refractivity contribution in [2.45, 2.75) is 98.1 Å². The van der Waals surface area contributed by atoms with Crippen molar-refractivity contribution in [1.29, 1.82) is 0 Å². The lowest BCUT2D eigenvalue weighted by atomic mass is 9.80. The highest BCUT2D eigenvalue weighted by molar-refractivity contribution is 5.98. The first-order valence-electron chi connectivity index (χ1n) is 17.1. The number of anilines is 1. The summed E-state index contributed by atoms with van der Waals surface area (Å²) >= 11 is 0. The number of esters is 1. The number of cyclic esters (lactones) is 1. The monoisotopic (exact) mass is 627 g/mol. The molecular formula is C38H49N3O5. The molecule has 0 amide bonds. The van der Waals surface area contributed by atoms with Crippen molar-refractivity contribution in [2.75, 3.05) is 25.0 Å². The fourth-order valence-corrected chi connectivity index (χ4v) is 6.59. The summed E-state index contributed by atoms with van der Waals surface area (Å²) in [5.74, 6) is 0.169. The van der Waals surface area contributed by atoms with Gasteiger partial charge >= 0.3 is 5.97 Å². The molecule has 0 N–H and O–H groups in total. The number of ether oxygens (including phenoxy) is 2. The predicted molar refractivity (Wildman–Crippen MR) is 182 cm³/mol. The Bertz CT molecular complexity index is 1600. The molecule has 2 aromatic heterocycles. The molecule has 8 heteroatoms. The van der Waals surface area contributed by atoms with Gasteiger partial charge in [-0.15, -0.1) is 5.23 Å². The summed E-state index contributed by atoms with van der Waals surface area (Å²) in [5, 5.41) is 2.55. The van der Waals surface area contributed by atoms with E-state index in [2.05, 4.69) is 44.4 Å². The maximum absolute atomic E-state index is 13.6. The van der Waals surface area contributed by atoms with Crippen LogP contribution >= 0.6 is 0 Å². The number of carbonyl (C=O) groups excluding carboxylic acids is 1. The van der Waals surface area contributed by atoms with E-state index in [1.54, 1.807) is 18.3 Å². The summed E-state index contributed by atoms with van der Waals surface area (Å²) in [4.78, 5) is 30.9. The number of rotatable bonds is 18. The molecule has 5 rings (SSSR count). The highest BCUT2D eigenvalue weighted by Crippen LogP contribution is 2.53. The molecule has 0 aliphatic carbocycles. The minimum atomic E-state index is -1.33. The van der Waals surface area contributed by atoms with Gasteiger partial charge in [0.05, 0.1) is 31.1 Å². The third-order valence-electron chi connectivity index (χ3n) is 8.77. The SMILES string of the molecule is CCCCCCON(OCCCCCC)c1ccc(C2(c3c(C)n(CC)c4ccccc34)OC(=O)c3cccnc32)c(OCC)c1. The number of carbonyl (C=O) groups is 1. The number of pyridine rings is 1. The predicted octanol–water partition coefficient (Wildman–Crippen LogP) is 9.06. The van der Waals surface area contributed by atoms with Crippen LogP contribution in [-0.4, -0.2) is 35.3 Å². The zero-order valence-electron chi connectivity index (χ0n) is 28.1. The Morgan fingerprint density at radius 3 is 2.26 bits per heavy atom. The molecule has 0 fully saturated rings. The molecule has 46 heavy (non-hydrogen) atoms. The molecule has 4 aromatic rings. The summed E-state index contributed by atoms with van der Waals surface area (Å²) in [7, 11) is 0. The number of nitrogens with zero attached hydrogens (tertiary/aromatic N) is 3. The van der Waals surface area contributed by atoms with Crippen molar-refractivity contribution >= 4 is 22.6 Å². The quantitative estimate of drug-likeness (QED) is 0.0619. The maximum Gasteiger partial charge on any atom is 0.341 e. The lowest BCUT2D eigenvalue weighted by Gasteiger charge is -2.32. The molecule has 0 saturated heterocycles. The van der Waals surface area contributed by atoms with Crippen molar-refractivity contribution in [3.8, 4) is 5.75 Å². The van der Waals surface area contributed by atoms with E-state index in [-0.39, 0.29) is 0 Å². The molecule has 8 nitrogen and oxygen atoms in total. The number of fused-ring (bicyclic) bond motifs is 2. The number of hydrogen-bond donors (Lipinski definition) is 0. The van der Waals surface area contributed by atoms with Gasteiger partial charge in [0, 0.05) is 46.5 Å². The number of hydrogen-bond acceptors (Lipinski definition) is 7. The van der Waals surface area contributed by atoms with Crippen LogP contribution in [0.4, 0.5) is 5.69 Å². The molecule has 1 aliphatic heterocycles. The van der Waals surface area contributed by atoms with E-state index in [1.165, 1.54) is 18.1 Å². The molecule has 2 aromatic carbocycles. The summed E-state index contributed by atoms with van der Waals surface area (Å²) in [6, 6.07) is 17.7. The third kappa shape index (κ3) is 6.51. The average Bonchev–Trinajstić information content (AvgIpc) is 3.53. The van der Waals surface area contributed by atoms with Crippen LogP contribution in [0.5, 0.6) is 5.75 Å². The molecule has 1 aliphatic rings. The highest BCUT2D eigenvalue weighted by atomic mass is 16.9. The fourth-order valence-electron chi connectivity index (χ4n) is 6.59. The number of benzene rings is 2. The number of aryl methyl sites for hydroxylation is 1. The highest BCUT2D eigenvalue weighted by Gasteiger charge is 2.54. The van der Waals surface area contributed by atoms with Gasteiger partial charge in [-0.05, 0) is 63.9 Å². The minimum absolute atomic E-state index is 0.408. The van der Waals surface area contributed by atoms with Crippen LogP contribution in [-0.2, 0) is 26.6 Å². The first-order chi connectivity index (χ1) is 22.5. The largest absolute Gasteiger partial charge is 0.493 e. The van der Waals surface area contributed by atoms with E-state index in [1.807, 2.05) is 37.3 Å². The second-order valence-electron chi connectivity index (χ2n) is 11.9. The second-order valence-corrected chi connectivity index (χ2v) is 11.9. The fraction of sp³-hybridized carbons (Fsp3) is 0.474. The summed E-state index contributed by atoms with van der Waals surface area (Å²) in [5.41, 5.74) is 4.08.